The van der Waals surface area contributed by atoms with Gasteiger partial charge in [-0.05, 0) is 43.9 Å². The van der Waals surface area contributed by atoms with Gasteiger partial charge in [-0.15, -0.1) is 0 Å². The fraction of sp³-hybridized carbons (Fsp3) is 0.944. The Morgan fingerprint density at radius 1 is 0.905 bits per heavy atom. The lowest BCUT2D eigenvalue weighted by molar-refractivity contribution is -0.139. The van der Waals surface area contributed by atoms with Crippen molar-refractivity contribution < 1.29 is 4.79 Å². The molecule has 1 amide bonds. The van der Waals surface area contributed by atoms with Gasteiger partial charge in [0.2, 0.25) is 5.91 Å². The molecule has 0 spiro atoms. The summed E-state index contributed by atoms with van der Waals surface area (Å²) in [6, 6.07) is 0.481. The molecule has 0 heterocycles. The highest BCUT2D eigenvalue weighted by Gasteiger charge is 2.38. The number of carbonyl (C=O) groups is 1. The van der Waals surface area contributed by atoms with Crippen LogP contribution < -0.4 is 5.73 Å². The molecule has 3 nitrogen and oxygen atoms in total. The number of nitrogens with two attached hydrogens (primary N) is 1. The van der Waals surface area contributed by atoms with Gasteiger partial charge in [0.25, 0.3) is 0 Å². The Morgan fingerprint density at radius 3 is 2.33 bits per heavy atom. The van der Waals surface area contributed by atoms with Gasteiger partial charge in [-0.1, -0.05) is 38.5 Å². The van der Waals surface area contributed by atoms with E-state index in [0.29, 0.717) is 5.91 Å². The molecule has 0 aromatic rings. The zero-order valence-corrected chi connectivity index (χ0v) is 13.6. The predicted octanol–water partition coefficient (Wildman–Crippen LogP) is 3.32. The van der Waals surface area contributed by atoms with Gasteiger partial charge in [0.05, 0.1) is 0 Å². The van der Waals surface area contributed by atoms with Crippen LogP contribution in [0.25, 0.3) is 0 Å². The van der Waals surface area contributed by atoms with Crippen LogP contribution in [0.15, 0.2) is 0 Å². The molecule has 0 saturated heterocycles. The van der Waals surface area contributed by atoms with Crippen molar-refractivity contribution in [3.63, 3.8) is 0 Å². The molecule has 0 aliphatic heterocycles. The van der Waals surface area contributed by atoms with Crippen molar-refractivity contribution in [3.8, 4) is 0 Å². The molecule has 5 atom stereocenters. The summed E-state index contributed by atoms with van der Waals surface area (Å²) in [6.07, 6.45) is 13.8. The van der Waals surface area contributed by atoms with E-state index in [2.05, 4.69) is 0 Å². The lowest BCUT2D eigenvalue weighted by atomic mass is 9.67. The molecule has 120 valence electrons. The number of hydrogen-bond acceptors (Lipinski definition) is 2. The molecule has 0 radical (unpaired) electrons. The molecule has 0 aromatic heterocycles. The third kappa shape index (κ3) is 3.28. The Labute approximate surface area is 129 Å². The summed E-state index contributed by atoms with van der Waals surface area (Å²) in [6.45, 7) is 0. The number of rotatable bonds is 2. The molecule has 0 bridgehead atoms. The number of amides is 1. The van der Waals surface area contributed by atoms with Crippen LogP contribution >= 0.6 is 0 Å². The van der Waals surface area contributed by atoms with Crippen LogP contribution in [-0.4, -0.2) is 29.9 Å². The standard InChI is InChI=1S/C18H32N2O/c1-20(17-9-5-4-8-16(17)19)18(21)15-11-10-13-6-2-3-7-14(13)12-15/h13-17H,2-12,19H2,1H3. The van der Waals surface area contributed by atoms with Crippen molar-refractivity contribution in [2.75, 3.05) is 7.05 Å². The number of nitrogens with zero attached hydrogens (tertiary/aromatic N) is 1. The molecule has 3 heteroatoms. The maximum Gasteiger partial charge on any atom is 0.225 e. The van der Waals surface area contributed by atoms with E-state index in [1.54, 1.807) is 0 Å². The minimum atomic E-state index is 0.193. The molecule has 3 aliphatic rings. The molecule has 3 fully saturated rings. The average Bonchev–Trinajstić information content (AvgIpc) is 2.53. The second-order valence-corrected chi connectivity index (χ2v) is 7.78. The zero-order valence-electron chi connectivity index (χ0n) is 13.6. The SMILES string of the molecule is CN(C(=O)C1CCC2CCCCC2C1)C1CCCCC1N. The van der Waals surface area contributed by atoms with Crippen LogP contribution in [0.2, 0.25) is 0 Å². The van der Waals surface area contributed by atoms with E-state index < -0.39 is 0 Å². The highest BCUT2D eigenvalue weighted by molar-refractivity contribution is 5.79. The third-order valence-corrected chi connectivity index (χ3v) is 6.52. The summed E-state index contributed by atoms with van der Waals surface area (Å²) in [7, 11) is 2.01. The Kier molecular flexibility index (Phi) is 4.88. The minimum Gasteiger partial charge on any atom is -0.341 e. The second kappa shape index (κ2) is 6.68. The lowest BCUT2D eigenvalue weighted by Gasteiger charge is -2.42. The van der Waals surface area contributed by atoms with Crippen LogP contribution in [-0.2, 0) is 4.79 Å². The zero-order chi connectivity index (χ0) is 14.8. The van der Waals surface area contributed by atoms with Gasteiger partial charge >= 0.3 is 0 Å². The first-order chi connectivity index (χ1) is 10.2. The molecular formula is C18H32N2O. The summed E-state index contributed by atoms with van der Waals surface area (Å²) in [5.74, 6) is 2.42. The van der Waals surface area contributed by atoms with Gasteiger partial charge in [0.1, 0.15) is 0 Å². The number of fused-ring (bicyclic) bond motifs is 1. The van der Waals surface area contributed by atoms with E-state index in [9.17, 15) is 4.79 Å². The van der Waals surface area contributed by atoms with Crippen LogP contribution in [0.3, 0.4) is 0 Å². The Balaban J connectivity index is 1.59. The van der Waals surface area contributed by atoms with Crippen molar-refractivity contribution in [3.05, 3.63) is 0 Å². The first-order valence-electron chi connectivity index (χ1n) is 9.19. The molecule has 3 aliphatic carbocycles. The molecule has 0 aromatic carbocycles. The molecular weight excluding hydrogens is 260 g/mol. The van der Waals surface area contributed by atoms with E-state index in [4.69, 9.17) is 5.73 Å². The first-order valence-corrected chi connectivity index (χ1v) is 9.19. The lowest BCUT2D eigenvalue weighted by Crippen LogP contribution is -2.52. The smallest absolute Gasteiger partial charge is 0.225 e. The monoisotopic (exact) mass is 292 g/mol. The summed E-state index contributed by atoms with van der Waals surface area (Å²) in [5.41, 5.74) is 6.26. The van der Waals surface area contributed by atoms with Crippen molar-refractivity contribution >= 4 is 5.91 Å². The predicted molar refractivity (Wildman–Crippen MR) is 85.8 cm³/mol. The van der Waals surface area contributed by atoms with Crippen molar-refractivity contribution in [2.45, 2.75) is 82.7 Å². The second-order valence-electron chi connectivity index (χ2n) is 7.78. The summed E-state index contributed by atoms with van der Waals surface area (Å²) >= 11 is 0. The summed E-state index contributed by atoms with van der Waals surface area (Å²) in [4.78, 5) is 14.9. The van der Waals surface area contributed by atoms with Crippen LogP contribution in [0.1, 0.15) is 70.6 Å². The maximum absolute atomic E-state index is 12.9. The Morgan fingerprint density at radius 2 is 1.57 bits per heavy atom. The summed E-state index contributed by atoms with van der Waals surface area (Å²) in [5, 5.41) is 0. The molecule has 21 heavy (non-hydrogen) atoms. The summed E-state index contributed by atoms with van der Waals surface area (Å²) < 4.78 is 0. The maximum atomic E-state index is 12.9. The Hall–Kier alpha value is -0.570. The topological polar surface area (TPSA) is 46.3 Å². The fourth-order valence-electron chi connectivity index (χ4n) is 5.17. The van der Waals surface area contributed by atoms with Crippen molar-refractivity contribution in [2.24, 2.45) is 23.5 Å². The van der Waals surface area contributed by atoms with Crippen LogP contribution in [0.4, 0.5) is 0 Å². The fourth-order valence-corrected chi connectivity index (χ4v) is 5.17. The van der Waals surface area contributed by atoms with Crippen molar-refractivity contribution in [1.29, 1.82) is 0 Å². The van der Waals surface area contributed by atoms with E-state index >= 15 is 0 Å². The number of hydrogen-bond donors (Lipinski definition) is 1. The van der Waals surface area contributed by atoms with Crippen molar-refractivity contribution in [1.82, 2.24) is 4.90 Å². The number of likely N-dealkylation sites (N-methyl/N-ethyl adjacent to an activating group) is 1. The highest BCUT2D eigenvalue weighted by atomic mass is 16.2. The van der Waals surface area contributed by atoms with Gasteiger partial charge < -0.3 is 10.6 Å². The highest BCUT2D eigenvalue weighted by Crippen LogP contribution is 2.43. The molecule has 3 saturated carbocycles. The third-order valence-electron chi connectivity index (χ3n) is 6.52. The quantitative estimate of drug-likeness (QED) is 0.848. The van der Waals surface area contributed by atoms with Gasteiger partial charge in [0.15, 0.2) is 0 Å². The molecule has 3 rings (SSSR count). The minimum absolute atomic E-state index is 0.193. The van der Waals surface area contributed by atoms with Crippen LogP contribution in [0.5, 0.6) is 0 Å². The number of carbonyl (C=O) groups excluding carboxylic acids is 1. The van der Waals surface area contributed by atoms with Gasteiger partial charge in [0, 0.05) is 25.0 Å². The first kappa shape index (κ1) is 15.3. The molecule has 2 N–H and O–H groups in total. The van der Waals surface area contributed by atoms with E-state index in [1.807, 2.05) is 11.9 Å². The average molecular weight is 292 g/mol. The normalized spacial score (nSPS) is 40.4. The van der Waals surface area contributed by atoms with Gasteiger partial charge in [-0.2, -0.15) is 0 Å². The van der Waals surface area contributed by atoms with Gasteiger partial charge in [-0.3, -0.25) is 4.79 Å². The molecule has 5 unspecified atom stereocenters. The Bertz CT molecular complexity index is 370. The van der Waals surface area contributed by atoms with Crippen LogP contribution in [0, 0.1) is 17.8 Å². The van der Waals surface area contributed by atoms with Gasteiger partial charge in [-0.25, -0.2) is 0 Å². The largest absolute Gasteiger partial charge is 0.341 e. The van der Waals surface area contributed by atoms with E-state index in [1.165, 1.54) is 44.9 Å². The van der Waals surface area contributed by atoms with E-state index in [-0.39, 0.29) is 18.0 Å². The van der Waals surface area contributed by atoms with E-state index in [0.717, 1.165) is 37.5 Å².